The van der Waals surface area contributed by atoms with Gasteiger partial charge in [-0.05, 0) is 36.0 Å². The Labute approximate surface area is 110 Å². The standard InChI is InChI=1S/C12H7F3N2OS/c13-12(14,15)10-6-9(3-2-8(10)7-18)19-11-16-4-1-5-17-11/h1-7H. The van der Waals surface area contributed by atoms with E-state index in [1.165, 1.54) is 18.5 Å². The quantitative estimate of drug-likeness (QED) is 0.639. The number of alkyl halides is 3. The molecule has 0 unspecified atom stereocenters. The lowest BCUT2D eigenvalue weighted by Crippen LogP contribution is -2.08. The number of carbonyl (C=O) groups excluding carboxylic acids is 1. The molecule has 1 aromatic carbocycles. The van der Waals surface area contributed by atoms with Crippen LogP contribution in [0.15, 0.2) is 46.7 Å². The highest BCUT2D eigenvalue weighted by atomic mass is 32.2. The molecule has 2 aromatic rings. The van der Waals surface area contributed by atoms with Gasteiger partial charge >= 0.3 is 6.18 Å². The van der Waals surface area contributed by atoms with Crippen molar-refractivity contribution in [2.45, 2.75) is 16.2 Å². The molecule has 0 aliphatic rings. The number of hydrogen-bond acceptors (Lipinski definition) is 4. The predicted octanol–water partition coefficient (Wildman–Crippen LogP) is 3.46. The van der Waals surface area contributed by atoms with Crippen molar-refractivity contribution in [2.24, 2.45) is 0 Å². The Morgan fingerprint density at radius 3 is 2.42 bits per heavy atom. The Morgan fingerprint density at radius 1 is 1.16 bits per heavy atom. The Morgan fingerprint density at radius 2 is 1.84 bits per heavy atom. The van der Waals surface area contributed by atoms with Gasteiger partial charge in [0.1, 0.15) is 0 Å². The van der Waals surface area contributed by atoms with Crippen LogP contribution in [0.3, 0.4) is 0 Å². The van der Waals surface area contributed by atoms with Gasteiger partial charge in [0, 0.05) is 22.9 Å². The molecule has 3 nitrogen and oxygen atoms in total. The summed E-state index contributed by atoms with van der Waals surface area (Å²) in [6, 6.07) is 5.10. The van der Waals surface area contributed by atoms with Crippen LogP contribution in [0, 0.1) is 0 Å². The first-order valence-electron chi connectivity index (χ1n) is 5.12. The first-order valence-corrected chi connectivity index (χ1v) is 5.93. The highest BCUT2D eigenvalue weighted by molar-refractivity contribution is 7.99. The molecule has 0 saturated heterocycles. The molecule has 2 rings (SSSR count). The minimum absolute atomic E-state index is 0.191. The Hall–Kier alpha value is -1.89. The molecule has 0 aliphatic carbocycles. The second-order valence-corrected chi connectivity index (χ2v) is 4.54. The number of hydrogen-bond donors (Lipinski definition) is 0. The summed E-state index contributed by atoms with van der Waals surface area (Å²) in [7, 11) is 0. The third-order valence-corrected chi connectivity index (χ3v) is 3.09. The second-order valence-electron chi connectivity index (χ2n) is 3.50. The molecule has 0 fully saturated rings. The van der Waals surface area contributed by atoms with Gasteiger partial charge in [-0.3, -0.25) is 4.79 Å². The minimum atomic E-state index is -4.57. The molecule has 0 bridgehead atoms. The molecule has 0 radical (unpaired) electrons. The van der Waals surface area contributed by atoms with Crippen LogP contribution in [0.25, 0.3) is 0 Å². The Bertz CT molecular complexity index is 587. The van der Waals surface area contributed by atoms with E-state index in [1.54, 1.807) is 6.07 Å². The molecule has 19 heavy (non-hydrogen) atoms. The number of carbonyl (C=O) groups is 1. The van der Waals surface area contributed by atoms with Gasteiger partial charge in [-0.15, -0.1) is 0 Å². The minimum Gasteiger partial charge on any atom is -0.298 e. The molecule has 0 N–H and O–H groups in total. The zero-order chi connectivity index (χ0) is 13.9. The summed E-state index contributed by atoms with van der Waals surface area (Å²) in [5.74, 6) is 0. The molecule has 98 valence electrons. The highest BCUT2D eigenvalue weighted by Crippen LogP contribution is 2.35. The average Bonchev–Trinajstić information content (AvgIpc) is 2.39. The number of nitrogens with zero attached hydrogens (tertiary/aromatic N) is 2. The summed E-state index contributed by atoms with van der Waals surface area (Å²) in [4.78, 5) is 18.8. The van der Waals surface area contributed by atoms with Gasteiger partial charge in [0.05, 0.1) is 5.56 Å². The van der Waals surface area contributed by atoms with E-state index in [4.69, 9.17) is 0 Å². The van der Waals surface area contributed by atoms with E-state index in [0.717, 1.165) is 23.9 Å². The van der Waals surface area contributed by atoms with Crippen LogP contribution in [0.5, 0.6) is 0 Å². The van der Waals surface area contributed by atoms with E-state index in [0.29, 0.717) is 10.1 Å². The summed E-state index contributed by atoms with van der Waals surface area (Å²) in [5.41, 5.74) is -1.34. The molecular formula is C12H7F3N2OS. The summed E-state index contributed by atoms with van der Waals surface area (Å²) in [6.07, 6.45) is -1.37. The predicted molar refractivity (Wildman–Crippen MR) is 63.0 cm³/mol. The van der Waals surface area contributed by atoms with Crippen LogP contribution >= 0.6 is 11.8 Å². The molecule has 0 saturated carbocycles. The van der Waals surface area contributed by atoms with Gasteiger partial charge in [-0.1, -0.05) is 0 Å². The highest BCUT2D eigenvalue weighted by Gasteiger charge is 2.33. The van der Waals surface area contributed by atoms with Crippen molar-refractivity contribution in [1.82, 2.24) is 9.97 Å². The van der Waals surface area contributed by atoms with Crippen molar-refractivity contribution >= 4 is 18.0 Å². The molecule has 0 aliphatic heterocycles. The first kappa shape index (κ1) is 13.5. The molecule has 0 spiro atoms. The summed E-state index contributed by atoms with van der Waals surface area (Å²) >= 11 is 0.999. The molecular weight excluding hydrogens is 277 g/mol. The Balaban J connectivity index is 2.36. The number of aromatic nitrogens is 2. The summed E-state index contributed by atoms with van der Waals surface area (Å²) in [5, 5.41) is 0.342. The lowest BCUT2D eigenvalue weighted by molar-refractivity contribution is -0.138. The van der Waals surface area contributed by atoms with E-state index in [-0.39, 0.29) is 11.8 Å². The maximum Gasteiger partial charge on any atom is 0.417 e. The second kappa shape index (κ2) is 5.40. The summed E-state index contributed by atoms with van der Waals surface area (Å²) < 4.78 is 38.3. The van der Waals surface area contributed by atoms with Gasteiger partial charge in [0.25, 0.3) is 0 Å². The van der Waals surface area contributed by atoms with Crippen molar-refractivity contribution in [2.75, 3.05) is 0 Å². The largest absolute Gasteiger partial charge is 0.417 e. The monoisotopic (exact) mass is 284 g/mol. The van der Waals surface area contributed by atoms with Crippen LogP contribution in [0.4, 0.5) is 13.2 Å². The number of benzene rings is 1. The van der Waals surface area contributed by atoms with Crippen LogP contribution < -0.4 is 0 Å². The lowest BCUT2D eigenvalue weighted by Gasteiger charge is -2.10. The number of halogens is 3. The van der Waals surface area contributed by atoms with Gasteiger partial charge in [-0.25, -0.2) is 9.97 Å². The fraction of sp³-hybridized carbons (Fsp3) is 0.0833. The maximum atomic E-state index is 12.8. The van der Waals surface area contributed by atoms with E-state index < -0.39 is 11.7 Å². The van der Waals surface area contributed by atoms with Crippen molar-refractivity contribution < 1.29 is 18.0 Å². The molecule has 1 heterocycles. The van der Waals surface area contributed by atoms with E-state index in [2.05, 4.69) is 9.97 Å². The van der Waals surface area contributed by atoms with Crippen LogP contribution in [-0.4, -0.2) is 16.3 Å². The third kappa shape index (κ3) is 3.31. The topological polar surface area (TPSA) is 42.9 Å². The SMILES string of the molecule is O=Cc1ccc(Sc2ncccn2)cc1C(F)(F)F. The smallest absolute Gasteiger partial charge is 0.298 e. The molecule has 7 heteroatoms. The lowest BCUT2D eigenvalue weighted by atomic mass is 10.1. The molecule has 0 amide bonds. The van der Waals surface area contributed by atoms with Gasteiger partial charge < -0.3 is 0 Å². The zero-order valence-electron chi connectivity index (χ0n) is 9.39. The molecule has 1 aromatic heterocycles. The normalized spacial score (nSPS) is 11.3. The zero-order valence-corrected chi connectivity index (χ0v) is 10.2. The van der Waals surface area contributed by atoms with Crippen molar-refractivity contribution in [3.63, 3.8) is 0 Å². The van der Waals surface area contributed by atoms with Crippen molar-refractivity contribution in [3.05, 3.63) is 47.8 Å². The van der Waals surface area contributed by atoms with E-state index >= 15 is 0 Å². The number of aldehydes is 1. The van der Waals surface area contributed by atoms with Gasteiger partial charge in [0.15, 0.2) is 11.4 Å². The van der Waals surface area contributed by atoms with Gasteiger partial charge in [0.2, 0.25) is 0 Å². The fourth-order valence-electron chi connectivity index (χ4n) is 1.39. The fourth-order valence-corrected chi connectivity index (χ4v) is 2.14. The van der Waals surface area contributed by atoms with E-state index in [9.17, 15) is 18.0 Å². The third-order valence-electron chi connectivity index (χ3n) is 2.21. The van der Waals surface area contributed by atoms with Crippen molar-refractivity contribution in [3.8, 4) is 0 Å². The maximum absolute atomic E-state index is 12.8. The van der Waals surface area contributed by atoms with Crippen LogP contribution in [-0.2, 0) is 6.18 Å². The molecule has 0 atom stereocenters. The summed E-state index contributed by atoms with van der Waals surface area (Å²) in [6.45, 7) is 0. The van der Waals surface area contributed by atoms with Crippen LogP contribution in [0.2, 0.25) is 0 Å². The number of rotatable bonds is 3. The average molecular weight is 284 g/mol. The van der Waals surface area contributed by atoms with Crippen molar-refractivity contribution in [1.29, 1.82) is 0 Å². The Kier molecular flexibility index (Phi) is 3.84. The first-order chi connectivity index (χ1) is 9.00. The van der Waals surface area contributed by atoms with E-state index in [1.807, 2.05) is 0 Å². The van der Waals surface area contributed by atoms with Gasteiger partial charge in [-0.2, -0.15) is 13.2 Å². The van der Waals surface area contributed by atoms with Crippen LogP contribution in [0.1, 0.15) is 15.9 Å².